The van der Waals surface area contributed by atoms with Crippen LogP contribution in [0.4, 0.5) is 5.82 Å². The zero-order valence-electron chi connectivity index (χ0n) is 13.6. The van der Waals surface area contributed by atoms with Gasteiger partial charge in [0.1, 0.15) is 11.6 Å². The van der Waals surface area contributed by atoms with Crippen LogP contribution in [0, 0.1) is 0 Å². The Hall–Kier alpha value is -2.05. The summed E-state index contributed by atoms with van der Waals surface area (Å²) in [6.07, 6.45) is 3.30. The van der Waals surface area contributed by atoms with E-state index in [0.717, 1.165) is 15.1 Å². The Balaban J connectivity index is 1.78. The van der Waals surface area contributed by atoms with Crippen molar-refractivity contribution in [3.63, 3.8) is 0 Å². The van der Waals surface area contributed by atoms with Crippen LogP contribution in [0.25, 0.3) is 0 Å². The molecular formula is C19H17BrN2O2S. The van der Waals surface area contributed by atoms with Crippen molar-refractivity contribution >= 4 is 39.4 Å². The van der Waals surface area contributed by atoms with Gasteiger partial charge in [-0.15, -0.1) is 11.8 Å². The summed E-state index contributed by atoms with van der Waals surface area (Å²) in [5, 5.41) is 0. The van der Waals surface area contributed by atoms with Crippen LogP contribution in [0.5, 0.6) is 0 Å². The van der Waals surface area contributed by atoms with Gasteiger partial charge in [0.15, 0.2) is 0 Å². The van der Waals surface area contributed by atoms with E-state index in [1.807, 2.05) is 61.5 Å². The second kappa shape index (κ2) is 8.36. The van der Waals surface area contributed by atoms with E-state index >= 15 is 0 Å². The first-order valence-corrected chi connectivity index (χ1v) is 9.58. The number of aromatic nitrogens is 1. The highest BCUT2D eigenvalue weighted by Gasteiger charge is 2.25. The SMILES string of the molecule is C[C@@H](c1ccco1)N(C(=O)CSc1ccc(Br)cc1)c1ccccn1. The summed E-state index contributed by atoms with van der Waals surface area (Å²) < 4.78 is 6.51. The molecule has 0 fully saturated rings. The van der Waals surface area contributed by atoms with Crippen molar-refractivity contribution in [3.05, 3.63) is 77.3 Å². The normalized spacial score (nSPS) is 11.9. The number of benzene rings is 1. The van der Waals surface area contributed by atoms with Crippen LogP contribution in [0.3, 0.4) is 0 Å². The third-order valence-corrected chi connectivity index (χ3v) is 5.21. The van der Waals surface area contributed by atoms with Gasteiger partial charge in [-0.05, 0) is 55.5 Å². The van der Waals surface area contributed by atoms with Crippen molar-refractivity contribution in [1.82, 2.24) is 4.98 Å². The molecule has 0 N–H and O–H groups in total. The highest BCUT2D eigenvalue weighted by atomic mass is 79.9. The first-order valence-electron chi connectivity index (χ1n) is 7.80. The standard InChI is InChI=1S/C19H17BrN2O2S/c1-14(17-5-4-12-24-17)22(18-6-2-3-11-21-18)19(23)13-25-16-9-7-15(20)8-10-16/h2-12,14H,13H2,1H3/t14-/m0/s1. The number of carbonyl (C=O) groups is 1. The molecule has 0 unspecified atom stereocenters. The number of thioether (sulfide) groups is 1. The lowest BCUT2D eigenvalue weighted by atomic mass is 10.2. The summed E-state index contributed by atoms with van der Waals surface area (Å²) in [5.41, 5.74) is 0. The minimum Gasteiger partial charge on any atom is -0.467 e. The molecule has 128 valence electrons. The third kappa shape index (κ3) is 4.52. The number of pyridine rings is 1. The first-order chi connectivity index (χ1) is 12.1. The van der Waals surface area contributed by atoms with E-state index in [4.69, 9.17) is 4.42 Å². The van der Waals surface area contributed by atoms with Gasteiger partial charge in [-0.25, -0.2) is 4.98 Å². The molecule has 0 aliphatic carbocycles. The van der Waals surface area contributed by atoms with Crippen LogP contribution in [0.2, 0.25) is 0 Å². The van der Waals surface area contributed by atoms with E-state index in [0.29, 0.717) is 11.6 Å². The average molecular weight is 417 g/mol. The minimum absolute atomic E-state index is 0.0180. The average Bonchev–Trinajstić information content (AvgIpc) is 3.17. The number of halogens is 1. The first kappa shape index (κ1) is 17.8. The fourth-order valence-corrected chi connectivity index (χ4v) is 3.46. The Bertz CT molecular complexity index is 807. The molecule has 3 aromatic rings. The van der Waals surface area contributed by atoms with Crippen molar-refractivity contribution in [1.29, 1.82) is 0 Å². The zero-order valence-corrected chi connectivity index (χ0v) is 16.0. The van der Waals surface area contributed by atoms with E-state index in [2.05, 4.69) is 20.9 Å². The molecule has 4 nitrogen and oxygen atoms in total. The maximum absolute atomic E-state index is 12.9. The molecule has 3 rings (SSSR count). The lowest BCUT2D eigenvalue weighted by molar-refractivity contribution is -0.116. The van der Waals surface area contributed by atoms with Crippen molar-refractivity contribution in [2.24, 2.45) is 0 Å². The van der Waals surface area contributed by atoms with Gasteiger partial charge in [0.25, 0.3) is 0 Å². The van der Waals surface area contributed by atoms with Crippen molar-refractivity contribution < 1.29 is 9.21 Å². The molecule has 0 saturated carbocycles. The molecule has 0 radical (unpaired) electrons. The molecule has 1 aromatic carbocycles. The van der Waals surface area contributed by atoms with Gasteiger partial charge in [0.05, 0.1) is 18.1 Å². The second-order valence-electron chi connectivity index (χ2n) is 5.39. The minimum atomic E-state index is -0.233. The van der Waals surface area contributed by atoms with Gasteiger partial charge < -0.3 is 4.42 Å². The predicted octanol–water partition coefficient (Wildman–Crippen LogP) is 5.32. The second-order valence-corrected chi connectivity index (χ2v) is 7.35. The summed E-state index contributed by atoms with van der Waals surface area (Å²) in [7, 11) is 0. The van der Waals surface area contributed by atoms with Crippen LogP contribution in [0.1, 0.15) is 18.7 Å². The molecular weight excluding hydrogens is 400 g/mol. The Labute approximate surface area is 159 Å². The molecule has 0 saturated heterocycles. The molecule has 1 amide bonds. The third-order valence-electron chi connectivity index (χ3n) is 3.68. The van der Waals surface area contributed by atoms with Crippen molar-refractivity contribution in [3.8, 4) is 0 Å². The summed E-state index contributed by atoms with van der Waals surface area (Å²) in [6, 6.07) is 16.9. The molecule has 25 heavy (non-hydrogen) atoms. The van der Waals surface area contributed by atoms with Gasteiger partial charge in [-0.3, -0.25) is 9.69 Å². The van der Waals surface area contributed by atoms with Gasteiger partial charge >= 0.3 is 0 Å². The molecule has 2 heterocycles. The fourth-order valence-electron chi connectivity index (χ4n) is 2.44. The number of hydrogen-bond acceptors (Lipinski definition) is 4. The number of rotatable bonds is 6. The summed E-state index contributed by atoms with van der Waals surface area (Å²) in [6.45, 7) is 1.94. The largest absolute Gasteiger partial charge is 0.467 e. The highest BCUT2D eigenvalue weighted by Crippen LogP contribution is 2.28. The van der Waals surface area contributed by atoms with Crippen LogP contribution in [0.15, 0.2) is 80.8 Å². The van der Waals surface area contributed by atoms with E-state index in [1.54, 1.807) is 17.4 Å². The summed E-state index contributed by atoms with van der Waals surface area (Å²) in [5.74, 6) is 1.65. The molecule has 0 bridgehead atoms. The predicted molar refractivity (Wildman–Crippen MR) is 104 cm³/mol. The topological polar surface area (TPSA) is 46.3 Å². The molecule has 0 aliphatic rings. The molecule has 1 atom stereocenters. The molecule has 6 heteroatoms. The number of nitrogens with zero attached hydrogens (tertiary/aromatic N) is 2. The van der Waals surface area contributed by atoms with Crippen LogP contribution in [-0.4, -0.2) is 16.6 Å². The summed E-state index contributed by atoms with van der Waals surface area (Å²) >= 11 is 4.92. The number of carbonyl (C=O) groups excluding carboxylic acids is 1. The molecule has 2 aromatic heterocycles. The lowest BCUT2D eigenvalue weighted by Crippen LogP contribution is -2.35. The fraction of sp³-hybridized carbons (Fsp3) is 0.158. The maximum atomic E-state index is 12.9. The Morgan fingerprint density at radius 3 is 2.64 bits per heavy atom. The van der Waals surface area contributed by atoms with Crippen molar-refractivity contribution in [2.45, 2.75) is 17.9 Å². The van der Waals surface area contributed by atoms with Gasteiger partial charge in [-0.1, -0.05) is 22.0 Å². The lowest BCUT2D eigenvalue weighted by Gasteiger charge is -2.27. The zero-order chi connectivity index (χ0) is 17.6. The van der Waals surface area contributed by atoms with E-state index < -0.39 is 0 Å². The monoisotopic (exact) mass is 416 g/mol. The van der Waals surface area contributed by atoms with Gasteiger partial charge in [0, 0.05) is 15.6 Å². The Morgan fingerprint density at radius 2 is 2.00 bits per heavy atom. The van der Waals surface area contributed by atoms with E-state index in [-0.39, 0.29) is 11.9 Å². The van der Waals surface area contributed by atoms with Crippen LogP contribution < -0.4 is 4.90 Å². The smallest absolute Gasteiger partial charge is 0.239 e. The van der Waals surface area contributed by atoms with Crippen LogP contribution in [-0.2, 0) is 4.79 Å². The van der Waals surface area contributed by atoms with Gasteiger partial charge in [-0.2, -0.15) is 0 Å². The Morgan fingerprint density at radius 1 is 1.20 bits per heavy atom. The van der Waals surface area contributed by atoms with Gasteiger partial charge in [0.2, 0.25) is 5.91 Å². The number of furan rings is 1. The maximum Gasteiger partial charge on any atom is 0.239 e. The van der Waals surface area contributed by atoms with E-state index in [1.165, 1.54) is 11.8 Å². The van der Waals surface area contributed by atoms with E-state index in [9.17, 15) is 4.79 Å². The van der Waals surface area contributed by atoms with Crippen LogP contribution >= 0.6 is 27.7 Å². The van der Waals surface area contributed by atoms with Crippen molar-refractivity contribution in [2.75, 3.05) is 10.7 Å². The Kier molecular flexibility index (Phi) is 5.94. The molecule has 0 spiro atoms. The quantitative estimate of drug-likeness (QED) is 0.509. The summed E-state index contributed by atoms with van der Waals surface area (Å²) in [4.78, 5) is 20.0. The number of amides is 1. The molecule has 0 aliphatic heterocycles. The number of hydrogen-bond donors (Lipinski definition) is 0. The number of anilines is 1. The highest BCUT2D eigenvalue weighted by molar-refractivity contribution is 9.10.